The first kappa shape index (κ1) is 24.0. The maximum absolute atomic E-state index is 13.1. The summed E-state index contributed by atoms with van der Waals surface area (Å²) >= 11 is 0. The number of carbonyl (C=O) groups is 2. The molecule has 2 bridgehead atoms. The number of aromatic amines is 1. The van der Waals surface area contributed by atoms with Gasteiger partial charge in [0, 0.05) is 35.3 Å². The summed E-state index contributed by atoms with van der Waals surface area (Å²) in [6, 6.07) is 3.72. The Balaban J connectivity index is 1.26. The number of hydrogen-bond donors (Lipinski definition) is 2. The molecule has 202 valence electrons. The highest BCUT2D eigenvalue weighted by atomic mass is 16.2. The fraction of sp³-hybridized carbons (Fsp3) is 0.360. The van der Waals surface area contributed by atoms with Crippen molar-refractivity contribution >= 4 is 23.2 Å². The molecule has 2 aliphatic heterocycles. The van der Waals surface area contributed by atoms with Crippen LogP contribution >= 0.6 is 0 Å². The predicted octanol–water partition coefficient (Wildman–Crippen LogP) is 1.44. The van der Waals surface area contributed by atoms with E-state index in [1.807, 2.05) is 17.0 Å². The number of rotatable bonds is 5. The minimum Gasteiger partial charge on any atom is -0.383 e. The number of fused-ring (bicyclic) bond motifs is 3. The number of hydrogen-bond acceptors (Lipinski definition) is 11. The van der Waals surface area contributed by atoms with Crippen LogP contribution in [0, 0.1) is 0 Å². The third kappa shape index (κ3) is 3.72. The van der Waals surface area contributed by atoms with E-state index in [2.05, 4.69) is 40.7 Å². The van der Waals surface area contributed by atoms with E-state index in [0.29, 0.717) is 41.3 Å². The van der Waals surface area contributed by atoms with Gasteiger partial charge in [-0.25, -0.2) is 9.97 Å². The Morgan fingerprint density at radius 1 is 1.10 bits per heavy atom. The molecule has 5 aromatic rings. The zero-order chi connectivity index (χ0) is 27.5. The number of amides is 1. The maximum Gasteiger partial charge on any atom is 0.291 e. The predicted molar refractivity (Wildman–Crippen MR) is 140 cm³/mol. The zero-order valence-electron chi connectivity index (χ0n) is 21.8. The van der Waals surface area contributed by atoms with Crippen LogP contribution in [0.25, 0.3) is 28.3 Å². The molecule has 2 saturated heterocycles. The van der Waals surface area contributed by atoms with E-state index in [4.69, 9.17) is 10.7 Å². The van der Waals surface area contributed by atoms with Crippen molar-refractivity contribution in [1.82, 2.24) is 59.9 Å². The van der Waals surface area contributed by atoms with E-state index >= 15 is 0 Å². The fourth-order valence-electron chi connectivity index (χ4n) is 6.13. The molecule has 7 rings (SSSR count). The highest BCUT2D eigenvalue weighted by Gasteiger charge is 2.45. The van der Waals surface area contributed by atoms with Crippen LogP contribution in [0.4, 0.5) is 5.82 Å². The molecule has 7 heterocycles. The third-order valence-electron chi connectivity index (χ3n) is 7.85. The second kappa shape index (κ2) is 9.00. The van der Waals surface area contributed by atoms with Gasteiger partial charge in [0.05, 0.1) is 24.5 Å². The number of ketones is 1. The number of H-pyrrole nitrogens is 1. The van der Waals surface area contributed by atoms with Crippen molar-refractivity contribution in [1.29, 1.82) is 0 Å². The molecule has 0 radical (unpaired) electrons. The lowest BCUT2D eigenvalue weighted by Gasteiger charge is -2.38. The number of anilines is 1. The summed E-state index contributed by atoms with van der Waals surface area (Å²) < 4.78 is 1.50. The molecule has 15 nitrogen and oxygen atoms in total. The normalized spacial score (nSPS) is 20.4. The summed E-state index contributed by atoms with van der Waals surface area (Å²) in [6.45, 7) is 1.49. The molecule has 0 spiro atoms. The minimum absolute atomic E-state index is 0.0104. The number of nitrogens with zero attached hydrogens (tertiary/aromatic N) is 11. The fourth-order valence-corrected chi connectivity index (χ4v) is 6.13. The smallest absolute Gasteiger partial charge is 0.291 e. The Morgan fingerprint density at radius 2 is 1.90 bits per heavy atom. The molecule has 15 heteroatoms. The van der Waals surface area contributed by atoms with Gasteiger partial charge in [-0.3, -0.25) is 19.7 Å². The number of nitrogen functional groups attached to an aromatic ring is 1. The number of nitrogens with one attached hydrogen (secondary N) is 1. The lowest BCUT2D eigenvalue weighted by atomic mass is 9.85. The van der Waals surface area contributed by atoms with Gasteiger partial charge < -0.3 is 10.6 Å². The van der Waals surface area contributed by atoms with Gasteiger partial charge in [-0.05, 0) is 43.9 Å². The Bertz CT molecular complexity index is 1740. The summed E-state index contributed by atoms with van der Waals surface area (Å²) in [7, 11) is 1.69. The summed E-state index contributed by atoms with van der Waals surface area (Å²) in [6.07, 6.45) is 7.81. The number of Topliss-reactive ketones (excluding diaryl/α,β-unsaturated/α-hetero) is 1. The molecule has 0 saturated carbocycles. The van der Waals surface area contributed by atoms with E-state index in [0.717, 1.165) is 24.0 Å². The number of nitrogens with two attached hydrogens (primary N) is 1. The molecular weight excluding hydrogens is 514 g/mol. The van der Waals surface area contributed by atoms with Crippen LogP contribution in [-0.2, 0) is 7.05 Å². The Labute approximate surface area is 226 Å². The van der Waals surface area contributed by atoms with Gasteiger partial charge in [-0.15, -0.1) is 10.2 Å². The van der Waals surface area contributed by atoms with Gasteiger partial charge in [0.2, 0.25) is 11.6 Å². The summed E-state index contributed by atoms with van der Waals surface area (Å²) in [5.41, 5.74) is 10.2. The number of tetrazole rings is 1. The molecule has 3 N–H and O–H groups in total. The molecule has 3 atom stereocenters. The van der Waals surface area contributed by atoms with Gasteiger partial charge in [-0.2, -0.15) is 19.5 Å². The van der Waals surface area contributed by atoms with Gasteiger partial charge in [0.25, 0.3) is 5.91 Å². The van der Waals surface area contributed by atoms with Crippen LogP contribution < -0.4 is 5.73 Å². The van der Waals surface area contributed by atoms with E-state index in [-0.39, 0.29) is 41.3 Å². The van der Waals surface area contributed by atoms with Gasteiger partial charge in [-0.1, -0.05) is 6.07 Å². The molecule has 0 aromatic carbocycles. The third-order valence-corrected chi connectivity index (χ3v) is 7.85. The molecule has 1 amide bonds. The lowest BCUT2D eigenvalue weighted by molar-refractivity contribution is 0.0556. The highest BCUT2D eigenvalue weighted by molar-refractivity contribution is 6.00. The Kier molecular flexibility index (Phi) is 5.40. The standard InChI is InChI=1S/C25H25N13O2/c1-12(39)19-20(14-7-15-4-5-16(8-14)37(15)25(40)23-28-11-29-32-23)31-24-17(10-30-38(24)21(19)26)13-3-6-18(27-9-13)22-33-35-36(2)34-22/h3,6,9-11,14-16H,4-5,7-8,26H2,1-2H3,(H,28,29,32)/t14?,15-,16+. The topological polar surface area (TPSA) is 192 Å². The second-order valence-corrected chi connectivity index (χ2v) is 10.2. The van der Waals surface area contributed by atoms with E-state index < -0.39 is 0 Å². The monoisotopic (exact) mass is 539 g/mol. The molecule has 5 aromatic heterocycles. The Hall–Kier alpha value is -5.08. The minimum atomic E-state index is -0.172. The lowest BCUT2D eigenvalue weighted by Crippen LogP contribution is -2.46. The first-order valence-electron chi connectivity index (χ1n) is 13.0. The Morgan fingerprint density at radius 3 is 2.52 bits per heavy atom. The highest BCUT2D eigenvalue weighted by Crippen LogP contribution is 2.45. The van der Waals surface area contributed by atoms with Crippen molar-refractivity contribution < 1.29 is 9.59 Å². The van der Waals surface area contributed by atoms with E-state index in [9.17, 15) is 9.59 Å². The molecule has 2 fully saturated rings. The maximum atomic E-state index is 13.1. The summed E-state index contributed by atoms with van der Waals surface area (Å²) in [5, 5.41) is 23.0. The zero-order valence-corrected chi connectivity index (χ0v) is 21.8. The van der Waals surface area contributed by atoms with Crippen molar-refractivity contribution in [2.24, 2.45) is 7.05 Å². The second-order valence-electron chi connectivity index (χ2n) is 10.2. The summed E-state index contributed by atoms with van der Waals surface area (Å²) in [4.78, 5) is 42.8. The van der Waals surface area contributed by atoms with Crippen molar-refractivity contribution in [3.63, 3.8) is 0 Å². The number of pyridine rings is 1. The van der Waals surface area contributed by atoms with Crippen molar-refractivity contribution in [3.05, 3.63) is 47.9 Å². The van der Waals surface area contributed by atoms with E-state index in [1.165, 1.54) is 22.6 Å². The quantitative estimate of drug-likeness (QED) is 0.307. The number of piperidine rings is 1. The van der Waals surface area contributed by atoms with Crippen LogP contribution in [0.15, 0.2) is 30.9 Å². The number of aryl methyl sites for hydroxylation is 1. The van der Waals surface area contributed by atoms with Crippen molar-refractivity contribution in [2.75, 3.05) is 5.73 Å². The average Bonchev–Trinajstić information content (AvgIpc) is 3.75. The number of carbonyl (C=O) groups excluding carboxylic acids is 2. The summed E-state index contributed by atoms with van der Waals surface area (Å²) in [5.74, 6) is 0.542. The molecule has 1 unspecified atom stereocenters. The van der Waals surface area contributed by atoms with Crippen LogP contribution in [-0.4, -0.2) is 83.6 Å². The number of aromatic nitrogens is 11. The SMILES string of the molecule is CC(=O)c1c(C2C[C@H]3CC[C@@H](C2)N3C(=O)c2ncn[nH]2)nc2c(-c3ccc(-c4nnn(C)n4)nc3)cnn2c1N. The van der Waals surface area contributed by atoms with Gasteiger partial charge in [0.1, 0.15) is 17.8 Å². The molecule has 40 heavy (non-hydrogen) atoms. The van der Waals surface area contributed by atoms with Crippen LogP contribution in [0.2, 0.25) is 0 Å². The molecule has 2 aliphatic rings. The van der Waals surface area contributed by atoms with Gasteiger partial charge >= 0.3 is 0 Å². The first-order chi connectivity index (χ1) is 19.4. The van der Waals surface area contributed by atoms with E-state index in [1.54, 1.807) is 19.4 Å². The average molecular weight is 540 g/mol. The van der Waals surface area contributed by atoms with Crippen LogP contribution in [0.5, 0.6) is 0 Å². The first-order valence-corrected chi connectivity index (χ1v) is 13.0. The van der Waals surface area contributed by atoms with Crippen LogP contribution in [0.3, 0.4) is 0 Å². The van der Waals surface area contributed by atoms with Gasteiger partial charge in [0.15, 0.2) is 11.4 Å². The van der Waals surface area contributed by atoms with Crippen molar-refractivity contribution in [2.45, 2.75) is 50.6 Å². The molecule has 0 aliphatic carbocycles. The van der Waals surface area contributed by atoms with Crippen molar-refractivity contribution in [3.8, 4) is 22.6 Å². The van der Waals surface area contributed by atoms with Crippen LogP contribution in [0.1, 0.15) is 65.2 Å². The largest absolute Gasteiger partial charge is 0.383 e. The molecular formula is C25H25N13O2.